The Morgan fingerprint density at radius 2 is 1.96 bits per heavy atom. The number of aromatic nitrogens is 3. The Labute approximate surface area is 137 Å². The first kappa shape index (κ1) is 16.3. The molecule has 0 aliphatic heterocycles. The lowest BCUT2D eigenvalue weighted by atomic mass is 9.90. The van der Waals surface area contributed by atoms with Crippen molar-refractivity contribution in [3.63, 3.8) is 0 Å². The van der Waals surface area contributed by atoms with Crippen molar-refractivity contribution in [3.8, 4) is 6.07 Å². The molecule has 0 radical (unpaired) electrons. The summed E-state index contributed by atoms with van der Waals surface area (Å²) in [5, 5.41) is 19.6. The fraction of sp³-hybridized carbons (Fsp3) is 0.438. The number of nitrogens with one attached hydrogen (secondary N) is 1. The lowest BCUT2D eigenvalue weighted by Crippen LogP contribution is -2.28. The Balaban J connectivity index is 1.75. The number of nitrogens with zero attached hydrogens (tertiary/aromatic N) is 4. The van der Waals surface area contributed by atoms with Gasteiger partial charge in [0.25, 0.3) is 0 Å². The van der Waals surface area contributed by atoms with E-state index in [0.29, 0.717) is 5.69 Å². The van der Waals surface area contributed by atoms with Crippen molar-refractivity contribution in [3.05, 3.63) is 42.0 Å². The van der Waals surface area contributed by atoms with Crippen molar-refractivity contribution in [2.75, 3.05) is 5.32 Å². The van der Waals surface area contributed by atoms with Crippen LogP contribution >= 0.6 is 0 Å². The maximum atomic E-state index is 13.0. The Kier molecular flexibility index (Phi) is 4.42. The normalized spacial score (nSPS) is 21.2. The van der Waals surface area contributed by atoms with E-state index < -0.39 is 11.7 Å². The number of anilines is 1. The molecule has 1 fully saturated rings. The molecule has 5 nitrogen and oxygen atoms in total. The fourth-order valence-electron chi connectivity index (χ4n) is 3.16. The second-order valence-electron chi connectivity index (χ2n) is 5.94. The van der Waals surface area contributed by atoms with Gasteiger partial charge in [0.2, 0.25) is 0 Å². The van der Waals surface area contributed by atoms with Crippen LogP contribution < -0.4 is 5.32 Å². The summed E-state index contributed by atoms with van der Waals surface area (Å²) >= 11 is 0. The maximum absolute atomic E-state index is 13.0. The molecule has 2 atom stereocenters. The third-order valence-corrected chi connectivity index (χ3v) is 4.32. The van der Waals surface area contributed by atoms with Crippen molar-refractivity contribution < 1.29 is 13.2 Å². The minimum Gasteiger partial charge on any atom is -0.382 e. The highest BCUT2D eigenvalue weighted by atomic mass is 19.4. The fourth-order valence-corrected chi connectivity index (χ4v) is 3.16. The minimum atomic E-state index is -4.54. The lowest BCUT2D eigenvalue weighted by molar-refractivity contribution is -0.137. The van der Waals surface area contributed by atoms with Gasteiger partial charge in [0.15, 0.2) is 0 Å². The van der Waals surface area contributed by atoms with Gasteiger partial charge < -0.3 is 9.88 Å². The first-order valence-corrected chi connectivity index (χ1v) is 7.69. The van der Waals surface area contributed by atoms with Crippen LogP contribution in [0.1, 0.15) is 42.9 Å². The predicted octanol–water partition coefficient (Wildman–Crippen LogP) is 3.76. The quantitative estimate of drug-likeness (QED) is 0.927. The first-order chi connectivity index (χ1) is 11.5. The van der Waals surface area contributed by atoms with Gasteiger partial charge in [-0.1, -0.05) is 0 Å². The number of hydrogen-bond acceptors (Lipinski definition) is 4. The Bertz CT molecular complexity index is 733. The van der Waals surface area contributed by atoms with E-state index in [4.69, 9.17) is 5.26 Å². The van der Waals surface area contributed by atoms with E-state index >= 15 is 0 Å². The van der Waals surface area contributed by atoms with Crippen molar-refractivity contribution in [2.24, 2.45) is 0 Å². The third-order valence-electron chi connectivity index (χ3n) is 4.32. The zero-order chi connectivity index (χ0) is 17.2. The van der Waals surface area contributed by atoms with Gasteiger partial charge in [0, 0.05) is 17.8 Å². The lowest BCUT2D eigenvalue weighted by Gasteiger charge is -2.31. The summed E-state index contributed by atoms with van der Waals surface area (Å²) < 4.78 is 41.1. The van der Waals surface area contributed by atoms with E-state index in [1.165, 1.54) is 12.1 Å². The molecule has 3 rings (SSSR count). The van der Waals surface area contributed by atoms with E-state index in [0.717, 1.165) is 31.7 Å². The number of rotatable bonds is 3. The average Bonchev–Trinajstić information content (AvgIpc) is 3.09. The molecule has 0 saturated heterocycles. The van der Waals surface area contributed by atoms with E-state index in [2.05, 4.69) is 15.5 Å². The summed E-state index contributed by atoms with van der Waals surface area (Å²) in [6, 6.07) is 5.66. The number of benzene rings is 1. The summed E-state index contributed by atoms with van der Waals surface area (Å²) in [5.74, 6) is 0. The second kappa shape index (κ2) is 6.51. The van der Waals surface area contributed by atoms with Crippen LogP contribution in [0.3, 0.4) is 0 Å². The van der Waals surface area contributed by atoms with Crippen LogP contribution in [0.5, 0.6) is 0 Å². The van der Waals surface area contributed by atoms with Gasteiger partial charge >= 0.3 is 6.18 Å². The van der Waals surface area contributed by atoms with Crippen molar-refractivity contribution in [1.82, 2.24) is 14.8 Å². The second-order valence-corrected chi connectivity index (χ2v) is 5.94. The maximum Gasteiger partial charge on any atom is 0.417 e. The van der Waals surface area contributed by atoms with Crippen LogP contribution in [0.2, 0.25) is 0 Å². The standard InChI is InChI=1S/C16H16F3N5/c17-16(18,19)15-7-13(5-4-11(15)8-20)23-12-2-1-3-14(6-12)24-9-21-22-10-24/h4-5,7,9-10,12,14,23H,1-3,6H2. The third kappa shape index (κ3) is 3.50. The van der Waals surface area contributed by atoms with Gasteiger partial charge in [-0.15, -0.1) is 10.2 Å². The molecule has 0 bridgehead atoms. The number of halogens is 3. The molecular formula is C16H16F3N5. The molecule has 24 heavy (non-hydrogen) atoms. The average molecular weight is 335 g/mol. The molecule has 2 aromatic rings. The molecule has 126 valence electrons. The van der Waals surface area contributed by atoms with E-state index in [1.54, 1.807) is 18.7 Å². The molecule has 1 N–H and O–H groups in total. The number of alkyl halides is 3. The number of hydrogen-bond donors (Lipinski definition) is 1. The van der Waals surface area contributed by atoms with Gasteiger partial charge in [-0.25, -0.2) is 0 Å². The Morgan fingerprint density at radius 1 is 1.21 bits per heavy atom. The summed E-state index contributed by atoms with van der Waals surface area (Å²) in [6.07, 6.45) is 2.44. The zero-order valence-corrected chi connectivity index (χ0v) is 12.8. The highest BCUT2D eigenvalue weighted by Gasteiger charge is 2.34. The van der Waals surface area contributed by atoms with E-state index in [9.17, 15) is 13.2 Å². The van der Waals surface area contributed by atoms with Crippen molar-refractivity contribution in [1.29, 1.82) is 5.26 Å². The Morgan fingerprint density at radius 3 is 2.62 bits per heavy atom. The summed E-state index contributed by atoms with van der Waals surface area (Å²) in [7, 11) is 0. The largest absolute Gasteiger partial charge is 0.417 e. The molecule has 0 amide bonds. The SMILES string of the molecule is N#Cc1ccc(NC2CCCC(n3cnnc3)C2)cc1C(F)(F)F. The first-order valence-electron chi connectivity index (χ1n) is 7.69. The molecule has 1 saturated carbocycles. The molecule has 1 aromatic heterocycles. The summed E-state index contributed by atoms with van der Waals surface area (Å²) in [5.41, 5.74) is -0.879. The van der Waals surface area contributed by atoms with Gasteiger partial charge in [-0.3, -0.25) is 0 Å². The topological polar surface area (TPSA) is 66.5 Å². The van der Waals surface area contributed by atoms with Crippen molar-refractivity contribution in [2.45, 2.75) is 43.9 Å². The molecule has 0 spiro atoms. The molecule has 1 heterocycles. The van der Waals surface area contributed by atoms with Crippen LogP contribution in [0.4, 0.5) is 18.9 Å². The number of nitriles is 1. The van der Waals surface area contributed by atoms with E-state index in [1.807, 2.05) is 4.57 Å². The van der Waals surface area contributed by atoms with E-state index in [-0.39, 0.29) is 17.6 Å². The molecule has 1 aromatic carbocycles. The minimum absolute atomic E-state index is 0.0696. The molecule has 1 aliphatic rings. The summed E-state index contributed by atoms with van der Waals surface area (Å²) in [4.78, 5) is 0. The predicted molar refractivity (Wildman–Crippen MR) is 81.1 cm³/mol. The van der Waals surface area contributed by atoms with Gasteiger partial charge in [0.1, 0.15) is 12.7 Å². The van der Waals surface area contributed by atoms with Crippen LogP contribution in [-0.2, 0) is 6.18 Å². The monoisotopic (exact) mass is 335 g/mol. The van der Waals surface area contributed by atoms with Crippen LogP contribution in [0.15, 0.2) is 30.9 Å². The van der Waals surface area contributed by atoms with Crippen LogP contribution in [0, 0.1) is 11.3 Å². The van der Waals surface area contributed by atoms with Gasteiger partial charge in [-0.2, -0.15) is 18.4 Å². The zero-order valence-electron chi connectivity index (χ0n) is 12.8. The molecule has 1 aliphatic carbocycles. The molecule has 2 unspecified atom stereocenters. The molecular weight excluding hydrogens is 319 g/mol. The van der Waals surface area contributed by atoms with Crippen LogP contribution in [0.25, 0.3) is 0 Å². The molecule has 8 heteroatoms. The highest BCUT2D eigenvalue weighted by Crippen LogP contribution is 2.35. The van der Waals surface area contributed by atoms with Crippen LogP contribution in [-0.4, -0.2) is 20.8 Å². The van der Waals surface area contributed by atoms with Gasteiger partial charge in [0.05, 0.1) is 17.2 Å². The van der Waals surface area contributed by atoms with Gasteiger partial charge in [-0.05, 0) is 43.9 Å². The van der Waals surface area contributed by atoms with Crippen molar-refractivity contribution >= 4 is 5.69 Å². The Hall–Kier alpha value is -2.56. The smallest absolute Gasteiger partial charge is 0.382 e. The highest BCUT2D eigenvalue weighted by molar-refractivity contribution is 5.53. The summed E-state index contributed by atoms with van der Waals surface area (Å²) in [6.45, 7) is 0.